The molecular formula is C18H25F3N2O2. The van der Waals surface area contributed by atoms with Crippen molar-refractivity contribution in [2.45, 2.75) is 44.5 Å². The monoisotopic (exact) mass is 358 g/mol. The van der Waals surface area contributed by atoms with Crippen LogP contribution in [0.5, 0.6) is 0 Å². The smallest absolute Gasteiger partial charge is 0.377 e. The van der Waals surface area contributed by atoms with Gasteiger partial charge in [-0.05, 0) is 37.3 Å². The van der Waals surface area contributed by atoms with Crippen LogP contribution in [0.2, 0.25) is 0 Å². The SMILES string of the molecule is O=C(NC[C@@H](CCOCc1ccccc1)[C@@H]1CCCCN1)C(F)(F)F. The van der Waals surface area contributed by atoms with Crippen LogP contribution < -0.4 is 10.6 Å². The maximum atomic E-state index is 12.4. The zero-order chi connectivity index (χ0) is 18.1. The fourth-order valence-corrected chi connectivity index (χ4v) is 3.05. The standard InChI is InChI=1S/C18H25F3N2O2/c19-18(20,21)17(24)23-12-15(16-8-4-5-10-22-16)9-11-25-13-14-6-2-1-3-7-14/h1-3,6-7,15-16,22H,4-5,8-13H2,(H,23,24)/t15-,16+/m1/s1. The van der Waals surface area contributed by atoms with E-state index in [0.29, 0.717) is 19.6 Å². The third-order valence-electron chi connectivity index (χ3n) is 4.44. The van der Waals surface area contributed by atoms with Gasteiger partial charge in [-0.25, -0.2) is 0 Å². The highest BCUT2D eigenvalue weighted by atomic mass is 19.4. The summed E-state index contributed by atoms with van der Waals surface area (Å²) in [5.41, 5.74) is 1.06. The largest absolute Gasteiger partial charge is 0.471 e. The molecule has 7 heteroatoms. The molecule has 1 aliphatic rings. The lowest BCUT2D eigenvalue weighted by Gasteiger charge is -2.31. The Balaban J connectivity index is 1.80. The molecule has 4 nitrogen and oxygen atoms in total. The third-order valence-corrected chi connectivity index (χ3v) is 4.44. The summed E-state index contributed by atoms with van der Waals surface area (Å²) in [5.74, 6) is -1.96. The van der Waals surface area contributed by atoms with E-state index in [4.69, 9.17) is 4.74 Å². The van der Waals surface area contributed by atoms with E-state index in [2.05, 4.69) is 5.32 Å². The van der Waals surface area contributed by atoms with Crippen LogP contribution in [0.4, 0.5) is 13.2 Å². The first-order chi connectivity index (χ1) is 12.0. The highest BCUT2D eigenvalue weighted by Crippen LogP contribution is 2.20. The number of benzene rings is 1. The van der Waals surface area contributed by atoms with Crippen molar-refractivity contribution in [3.05, 3.63) is 35.9 Å². The molecule has 0 unspecified atom stereocenters. The Hall–Kier alpha value is -1.60. The first-order valence-corrected chi connectivity index (χ1v) is 8.67. The van der Waals surface area contributed by atoms with Crippen molar-refractivity contribution in [2.24, 2.45) is 5.92 Å². The number of carbonyl (C=O) groups excluding carboxylic acids is 1. The molecule has 1 aromatic carbocycles. The van der Waals surface area contributed by atoms with Gasteiger partial charge in [0.15, 0.2) is 0 Å². The Morgan fingerprint density at radius 3 is 2.68 bits per heavy atom. The van der Waals surface area contributed by atoms with E-state index < -0.39 is 12.1 Å². The molecule has 0 radical (unpaired) electrons. The van der Waals surface area contributed by atoms with E-state index in [1.54, 1.807) is 0 Å². The van der Waals surface area contributed by atoms with E-state index in [0.717, 1.165) is 31.4 Å². The number of nitrogens with one attached hydrogen (secondary N) is 2. The molecule has 140 valence electrons. The number of carbonyl (C=O) groups is 1. The van der Waals surface area contributed by atoms with Crippen molar-refractivity contribution in [3.63, 3.8) is 0 Å². The van der Waals surface area contributed by atoms with Gasteiger partial charge in [0, 0.05) is 19.2 Å². The van der Waals surface area contributed by atoms with Crippen LogP contribution in [0.1, 0.15) is 31.2 Å². The summed E-state index contributed by atoms with van der Waals surface area (Å²) < 4.78 is 42.8. The molecule has 25 heavy (non-hydrogen) atoms. The lowest BCUT2D eigenvalue weighted by molar-refractivity contribution is -0.173. The van der Waals surface area contributed by atoms with Crippen LogP contribution in [-0.2, 0) is 16.1 Å². The molecule has 1 heterocycles. The fraction of sp³-hybridized carbons (Fsp3) is 0.611. The quantitative estimate of drug-likeness (QED) is 0.703. The lowest BCUT2D eigenvalue weighted by Crippen LogP contribution is -2.47. The average molecular weight is 358 g/mol. The minimum Gasteiger partial charge on any atom is -0.377 e. The van der Waals surface area contributed by atoms with Gasteiger partial charge in [0.1, 0.15) is 0 Å². The molecule has 0 spiro atoms. The number of alkyl halides is 3. The molecule has 1 amide bonds. The van der Waals surface area contributed by atoms with E-state index in [9.17, 15) is 18.0 Å². The summed E-state index contributed by atoms with van der Waals surface area (Å²) in [7, 11) is 0. The maximum absolute atomic E-state index is 12.4. The Morgan fingerprint density at radius 2 is 2.04 bits per heavy atom. The van der Waals surface area contributed by atoms with Crippen molar-refractivity contribution in [3.8, 4) is 0 Å². The zero-order valence-corrected chi connectivity index (χ0v) is 14.1. The minimum atomic E-state index is -4.84. The molecule has 0 bridgehead atoms. The molecule has 2 rings (SSSR count). The molecule has 1 fully saturated rings. The number of halogens is 3. The van der Waals surface area contributed by atoms with Crippen molar-refractivity contribution < 1.29 is 22.7 Å². The topological polar surface area (TPSA) is 50.4 Å². The number of rotatable bonds is 8. The summed E-state index contributed by atoms with van der Waals surface area (Å²) in [6.45, 7) is 1.78. The number of piperidine rings is 1. The van der Waals surface area contributed by atoms with Crippen molar-refractivity contribution in [2.75, 3.05) is 19.7 Å². The van der Waals surface area contributed by atoms with Gasteiger partial charge in [0.25, 0.3) is 0 Å². The average Bonchev–Trinajstić information content (AvgIpc) is 2.61. The number of hydrogen-bond donors (Lipinski definition) is 2. The summed E-state index contributed by atoms with van der Waals surface area (Å²) >= 11 is 0. The number of amides is 1. The molecule has 0 aromatic heterocycles. The van der Waals surface area contributed by atoms with E-state index >= 15 is 0 Å². The van der Waals surface area contributed by atoms with Crippen LogP contribution in [-0.4, -0.2) is 37.8 Å². The van der Waals surface area contributed by atoms with E-state index in [1.807, 2.05) is 35.6 Å². The maximum Gasteiger partial charge on any atom is 0.471 e. The highest BCUT2D eigenvalue weighted by Gasteiger charge is 2.39. The second-order valence-electron chi connectivity index (χ2n) is 6.35. The lowest BCUT2D eigenvalue weighted by atomic mass is 9.89. The molecule has 2 atom stereocenters. The zero-order valence-electron chi connectivity index (χ0n) is 14.1. The van der Waals surface area contributed by atoms with Gasteiger partial charge in [0.2, 0.25) is 0 Å². The number of ether oxygens (including phenoxy) is 1. The molecule has 1 saturated heterocycles. The van der Waals surface area contributed by atoms with Crippen molar-refractivity contribution >= 4 is 5.91 Å². The van der Waals surface area contributed by atoms with Gasteiger partial charge in [-0.1, -0.05) is 36.8 Å². The minimum absolute atomic E-state index is 0.00467. The molecular weight excluding hydrogens is 333 g/mol. The Bertz CT molecular complexity index is 517. The van der Waals surface area contributed by atoms with E-state index in [-0.39, 0.29) is 18.5 Å². The summed E-state index contributed by atoms with van der Waals surface area (Å²) in [5, 5.41) is 5.37. The predicted molar refractivity (Wildman–Crippen MR) is 88.9 cm³/mol. The van der Waals surface area contributed by atoms with Crippen LogP contribution in [0.25, 0.3) is 0 Å². The Morgan fingerprint density at radius 1 is 1.28 bits per heavy atom. The molecule has 2 N–H and O–H groups in total. The third kappa shape index (κ3) is 7.04. The van der Waals surface area contributed by atoms with Gasteiger partial charge >= 0.3 is 12.1 Å². The predicted octanol–water partition coefficient (Wildman–Crippen LogP) is 3.03. The summed E-state index contributed by atoms with van der Waals surface area (Å²) in [6, 6.07) is 9.83. The fourth-order valence-electron chi connectivity index (χ4n) is 3.05. The summed E-state index contributed by atoms with van der Waals surface area (Å²) in [6.07, 6.45) is -1.21. The van der Waals surface area contributed by atoms with Gasteiger partial charge in [-0.3, -0.25) is 4.79 Å². The normalized spacial score (nSPS) is 19.4. The van der Waals surface area contributed by atoms with Crippen LogP contribution in [0, 0.1) is 5.92 Å². The van der Waals surface area contributed by atoms with Gasteiger partial charge in [-0.2, -0.15) is 13.2 Å². The first-order valence-electron chi connectivity index (χ1n) is 8.67. The van der Waals surface area contributed by atoms with Crippen molar-refractivity contribution in [1.82, 2.24) is 10.6 Å². The van der Waals surface area contributed by atoms with Crippen LogP contribution in [0.15, 0.2) is 30.3 Å². The van der Waals surface area contributed by atoms with Crippen LogP contribution in [0.3, 0.4) is 0 Å². The molecule has 1 aromatic rings. The van der Waals surface area contributed by atoms with Crippen LogP contribution >= 0.6 is 0 Å². The van der Waals surface area contributed by atoms with Gasteiger partial charge in [-0.15, -0.1) is 0 Å². The van der Waals surface area contributed by atoms with Gasteiger partial charge in [0.05, 0.1) is 6.61 Å². The van der Waals surface area contributed by atoms with Gasteiger partial charge < -0.3 is 15.4 Å². The second-order valence-corrected chi connectivity index (χ2v) is 6.35. The molecule has 0 saturated carbocycles. The summed E-state index contributed by atoms with van der Waals surface area (Å²) in [4.78, 5) is 11.1. The number of hydrogen-bond acceptors (Lipinski definition) is 3. The highest BCUT2D eigenvalue weighted by molar-refractivity contribution is 5.81. The van der Waals surface area contributed by atoms with Crippen molar-refractivity contribution in [1.29, 1.82) is 0 Å². The Kier molecular flexibility index (Phi) is 7.71. The second kappa shape index (κ2) is 9.77. The molecule has 0 aliphatic carbocycles. The first kappa shape index (κ1) is 19.7. The van der Waals surface area contributed by atoms with E-state index in [1.165, 1.54) is 0 Å². The Labute approximate surface area is 146 Å². The molecule has 1 aliphatic heterocycles.